The molecule has 2 atom stereocenters. The Morgan fingerprint density at radius 3 is 1.00 bits per heavy atom. The van der Waals surface area contributed by atoms with Gasteiger partial charge in [0.1, 0.15) is 0 Å². The monoisotopic (exact) mass is 366 g/mol. The quantitative estimate of drug-likeness (QED) is 0.426. The van der Waals surface area contributed by atoms with E-state index >= 15 is 0 Å². The third kappa shape index (κ3) is 16.4. The van der Waals surface area contributed by atoms with E-state index in [2.05, 4.69) is 0 Å². The average molecular weight is 365 g/mol. The third-order valence-electron chi connectivity index (χ3n) is 1.26. The molecule has 0 aromatic carbocycles. The second-order valence-electron chi connectivity index (χ2n) is 2.82. The maximum atomic E-state index is 9.58. The number of aliphatic carboxylic acids is 4. The Kier molecular flexibility index (Phi) is 13.7. The summed E-state index contributed by atoms with van der Waals surface area (Å²) in [6.45, 7) is 0. The minimum absolute atomic E-state index is 0. The largest absolute Gasteiger partial charge is 4.00 e. The van der Waals surface area contributed by atoms with Crippen LogP contribution in [0, 0.1) is 0 Å². The molecule has 0 aliphatic carbocycles. The van der Waals surface area contributed by atoms with Gasteiger partial charge in [-0.25, -0.2) is 0 Å². The summed E-state index contributed by atoms with van der Waals surface area (Å²) in [6.07, 6.45) is -5.78. The molecule has 10 nitrogen and oxygen atoms in total. The van der Waals surface area contributed by atoms with Crippen LogP contribution in [0.25, 0.3) is 0 Å². The van der Waals surface area contributed by atoms with Gasteiger partial charge < -0.3 is 49.8 Å². The van der Waals surface area contributed by atoms with E-state index in [0.29, 0.717) is 0 Å². The van der Waals surface area contributed by atoms with Crippen LogP contribution < -0.4 is 20.4 Å². The molecule has 0 aliphatic rings. The molecular weight excluding hydrogens is 357 g/mol. The summed E-state index contributed by atoms with van der Waals surface area (Å²) in [7, 11) is 0. The topological polar surface area (TPSA) is 201 Å². The van der Waals surface area contributed by atoms with E-state index in [1.165, 1.54) is 0 Å². The van der Waals surface area contributed by atoms with Crippen molar-refractivity contribution in [1.29, 1.82) is 0 Å². The Morgan fingerprint density at radius 2 is 0.947 bits per heavy atom. The van der Waals surface area contributed by atoms with Crippen LogP contribution in [0.15, 0.2) is 0 Å². The summed E-state index contributed by atoms with van der Waals surface area (Å²) in [5.41, 5.74) is 0. The molecule has 0 radical (unpaired) electrons. The van der Waals surface area contributed by atoms with Crippen LogP contribution in [-0.2, 0) is 38.7 Å². The third-order valence-corrected chi connectivity index (χ3v) is 1.26. The Balaban J connectivity index is -0.000000256. The number of hydrogen-bond donors (Lipinski definition) is 2. The van der Waals surface area contributed by atoms with Gasteiger partial charge in [-0.2, -0.15) is 0 Å². The molecule has 0 spiro atoms. The van der Waals surface area contributed by atoms with E-state index in [4.69, 9.17) is 10.2 Å². The molecule has 0 rings (SSSR count). The first-order chi connectivity index (χ1) is 8.07. The van der Waals surface area contributed by atoms with Crippen molar-refractivity contribution in [3.63, 3.8) is 0 Å². The summed E-state index contributed by atoms with van der Waals surface area (Å²) >= 11 is 0. The van der Waals surface area contributed by atoms with E-state index in [1.807, 2.05) is 0 Å². The summed E-state index contributed by atoms with van der Waals surface area (Å²) < 4.78 is 0. The fourth-order valence-electron chi connectivity index (χ4n) is 0.482. The van der Waals surface area contributed by atoms with Gasteiger partial charge in [-0.05, 0) is 0 Å². The van der Waals surface area contributed by atoms with E-state index in [0.717, 1.165) is 0 Å². The van der Waals surface area contributed by atoms with Gasteiger partial charge in [-0.15, -0.1) is 0 Å². The average Bonchev–Trinajstić information content (AvgIpc) is 2.16. The molecule has 2 unspecified atom stereocenters. The van der Waals surface area contributed by atoms with E-state index < -0.39 is 48.9 Å². The number of rotatable bonds is 6. The van der Waals surface area contributed by atoms with Gasteiger partial charge in [0, 0.05) is 24.8 Å². The molecule has 0 heterocycles. The SMILES string of the molecule is O=C([O-])CC(O)C(=O)[O-].O=C([O-])CC(O)C(=O)[O-].[Ru+4]. The number of aliphatic hydroxyl groups excluding tert-OH is 2. The van der Waals surface area contributed by atoms with Crippen LogP contribution in [0.1, 0.15) is 12.8 Å². The summed E-state index contributed by atoms with van der Waals surface area (Å²) in [4.78, 5) is 38.3. The van der Waals surface area contributed by atoms with E-state index in [9.17, 15) is 39.6 Å². The number of carboxylic acid groups (broad SMARTS) is 4. The minimum Gasteiger partial charge on any atom is -0.550 e. The number of hydrogen-bond acceptors (Lipinski definition) is 10. The number of carboxylic acids is 4. The number of carbonyl (C=O) groups is 4. The minimum atomic E-state index is -1.96. The van der Waals surface area contributed by atoms with E-state index in [-0.39, 0.29) is 19.5 Å². The van der Waals surface area contributed by atoms with Gasteiger partial charge in [0.05, 0.1) is 24.1 Å². The maximum absolute atomic E-state index is 9.58. The number of aliphatic hydroxyl groups is 2. The van der Waals surface area contributed by atoms with Gasteiger partial charge in [0.15, 0.2) is 0 Å². The molecule has 19 heavy (non-hydrogen) atoms. The predicted molar refractivity (Wildman–Crippen MR) is 41.3 cm³/mol. The summed E-state index contributed by atoms with van der Waals surface area (Å²) in [5, 5.41) is 54.7. The second-order valence-corrected chi connectivity index (χ2v) is 2.82. The van der Waals surface area contributed by atoms with Gasteiger partial charge in [-0.3, -0.25) is 0 Å². The van der Waals surface area contributed by atoms with Crippen molar-refractivity contribution >= 4 is 23.9 Å². The fourth-order valence-corrected chi connectivity index (χ4v) is 0.482. The van der Waals surface area contributed by atoms with Crippen molar-refractivity contribution in [2.45, 2.75) is 25.0 Å². The first kappa shape index (κ1) is 22.6. The molecule has 11 heteroatoms. The zero-order valence-electron chi connectivity index (χ0n) is 9.08. The maximum Gasteiger partial charge on any atom is 4.00 e. The van der Waals surface area contributed by atoms with Crippen molar-refractivity contribution in [1.82, 2.24) is 0 Å². The van der Waals surface area contributed by atoms with Crippen LogP contribution in [0.5, 0.6) is 0 Å². The van der Waals surface area contributed by atoms with Crippen molar-refractivity contribution in [3.8, 4) is 0 Å². The van der Waals surface area contributed by atoms with Crippen LogP contribution >= 0.6 is 0 Å². The summed E-state index contributed by atoms with van der Waals surface area (Å²) in [6, 6.07) is 0. The predicted octanol–water partition coefficient (Wildman–Crippen LogP) is -7.53. The van der Waals surface area contributed by atoms with Crippen LogP contribution in [0.4, 0.5) is 0 Å². The Labute approximate surface area is 119 Å². The zero-order valence-corrected chi connectivity index (χ0v) is 10.8. The number of carbonyl (C=O) groups excluding carboxylic acids is 4. The van der Waals surface area contributed by atoms with Crippen molar-refractivity contribution in [2.75, 3.05) is 0 Å². The van der Waals surface area contributed by atoms with Crippen LogP contribution in [0.3, 0.4) is 0 Å². The van der Waals surface area contributed by atoms with Crippen molar-refractivity contribution < 1.29 is 69.3 Å². The Hall–Kier alpha value is -1.58. The van der Waals surface area contributed by atoms with Crippen LogP contribution in [0.2, 0.25) is 0 Å². The summed E-state index contributed by atoms with van der Waals surface area (Å²) in [5.74, 6) is -6.85. The van der Waals surface area contributed by atoms with Crippen molar-refractivity contribution in [2.24, 2.45) is 0 Å². The first-order valence-corrected chi connectivity index (χ1v) is 4.25. The molecule has 0 bridgehead atoms. The molecule has 108 valence electrons. The molecule has 0 aromatic rings. The molecule has 0 amide bonds. The molecule has 0 aliphatic heterocycles. The van der Waals surface area contributed by atoms with Crippen LogP contribution in [-0.4, -0.2) is 46.3 Å². The molecule has 2 N–H and O–H groups in total. The Morgan fingerprint density at radius 1 is 0.737 bits per heavy atom. The van der Waals surface area contributed by atoms with Crippen molar-refractivity contribution in [3.05, 3.63) is 0 Å². The van der Waals surface area contributed by atoms with Gasteiger partial charge >= 0.3 is 19.5 Å². The standard InChI is InChI=1S/2C4H6O5.Ru/c2*5-2(4(8)9)1-3(6)7;/h2*2,5H,1H2,(H,6,7)(H,8,9);/q;;+4/p-4. The molecule has 0 saturated carbocycles. The van der Waals surface area contributed by atoms with Gasteiger partial charge in [0.25, 0.3) is 0 Å². The Bertz CT molecular complexity index is 295. The molecule has 0 saturated heterocycles. The molecular formula is C8H8O10Ru. The smallest absolute Gasteiger partial charge is 0.550 e. The normalized spacial score (nSPS) is 11.9. The second kappa shape index (κ2) is 11.5. The molecule has 0 aromatic heterocycles. The van der Waals surface area contributed by atoms with E-state index in [1.54, 1.807) is 0 Å². The van der Waals surface area contributed by atoms with Gasteiger partial charge in [-0.1, -0.05) is 0 Å². The molecule has 0 fully saturated rings. The van der Waals surface area contributed by atoms with Gasteiger partial charge in [0.2, 0.25) is 0 Å². The first-order valence-electron chi connectivity index (χ1n) is 4.25. The zero-order chi connectivity index (χ0) is 14.9. The fraction of sp³-hybridized carbons (Fsp3) is 0.500.